The Balaban J connectivity index is 2.10. The van der Waals surface area contributed by atoms with E-state index >= 15 is 0 Å². The molecular weight excluding hydrogens is 394 g/mol. The molecule has 1 N–H and O–H groups in total. The fraction of sp³-hybridized carbons (Fsp3) is 0.381. The molecular formula is C21H26BrNO3. The van der Waals surface area contributed by atoms with Crippen molar-refractivity contribution < 1.29 is 14.3 Å². The number of hydrogen-bond donors (Lipinski definition) is 1. The number of benzene rings is 2. The number of ether oxygens (including phenoxy) is 2. The van der Waals surface area contributed by atoms with E-state index in [4.69, 9.17) is 9.47 Å². The molecule has 0 bridgehead atoms. The first-order valence-corrected chi connectivity index (χ1v) is 9.68. The van der Waals surface area contributed by atoms with Crippen molar-refractivity contribution in [3.8, 4) is 11.5 Å². The Morgan fingerprint density at radius 1 is 1.12 bits per heavy atom. The van der Waals surface area contributed by atoms with Crippen molar-refractivity contribution in [1.29, 1.82) is 0 Å². The Hall–Kier alpha value is -2.01. The van der Waals surface area contributed by atoms with E-state index in [2.05, 4.69) is 42.0 Å². The first-order chi connectivity index (χ1) is 12.4. The summed E-state index contributed by atoms with van der Waals surface area (Å²) in [7, 11) is 0. The number of anilines is 1. The van der Waals surface area contributed by atoms with Crippen molar-refractivity contribution in [1.82, 2.24) is 0 Å². The zero-order chi connectivity index (χ0) is 19.1. The van der Waals surface area contributed by atoms with Gasteiger partial charge in [0.1, 0.15) is 11.5 Å². The molecule has 2 aromatic rings. The zero-order valence-corrected chi connectivity index (χ0v) is 17.3. The third-order valence-electron chi connectivity index (χ3n) is 3.78. The lowest BCUT2D eigenvalue weighted by molar-refractivity contribution is 0.102. The third kappa shape index (κ3) is 6.06. The van der Waals surface area contributed by atoms with E-state index in [0.717, 1.165) is 16.6 Å². The number of carbonyl (C=O) groups excluding carboxylic acids is 1. The molecule has 0 aliphatic carbocycles. The maximum Gasteiger partial charge on any atom is 0.259 e. The molecule has 2 rings (SSSR count). The van der Waals surface area contributed by atoms with Gasteiger partial charge in [-0.1, -0.05) is 36.7 Å². The van der Waals surface area contributed by atoms with Gasteiger partial charge >= 0.3 is 0 Å². The van der Waals surface area contributed by atoms with Gasteiger partial charge in [-0.3, -0.25) is 4.79 Å². The summed E-state index contributed by atoms with van der Waals surface area (Å²) in [5, 5.41) is 2.91. The summed E-state index contributed by atoms with van der Waals surface area (Å²) < 4.78 is 12.4. The molecule has 0 saturated carbocycles. The van der Waals surface area contributed by atoms with E-state index in [-0.39, 0.29) is 12.0 Å². The van der Waals surface area contributed by atoms with Crippen molar-refractivity contribution in [2.75, 3.05) is 11.9 Å². The lowest BCUT2D eigenvalue weighted by Gasteiger charge is -2.15. The van der Waals surface area contributed by atoms with Gasteiger partial charge in [0, 0.05) is 10.2 Å². The van der Waals surface area contributed by atoms with Crippen LogP contribution in [-0.4, -0.2) is 18.6 Å². The fourth-order valence-electron chi connectivity index (χ4n) is 2.19. The van der Waals surface area contributed by atoms with E-state index in [9.17, 15) is 4.79 Å². The molecule has 0 aliphatic rings. The average molecular weight is 420 g/mol. The molecule has 1 unspecified atom stereocenters. The van der Waals surface area contributed by atoms with Crippen LogP contribution in [0.1, 0.15) is 44.5 Å². The van der Waals surface area contributed by atoms with Crippen LogP contribution in [0, 0.1) is 5.92 Å². The Bertz CT molecular complexity index is 729. The molecule has 26 heavy (non-hydrogen) atoms. The fourth-order valence-corrected chi connectivity index (χ4v) is 2.55. The molecule has 0 aliphatic heterocycles. The standard InChI is InChI=1S/C21H26BrNO3/c1-5-15(4)26-18-9-7-17(8-10-18)23-21(24)19-12-16(22)6-11-20(19)25-13-14(2)3/h6-12,14-15H,5,13H2,1-4H3,(H,23,24). The Labute approximate surface area is 164 Å². The molecule has 0 radical (unpaired) electrons. The first kappa shape index (κ1) is 20.3. The van der Waals surface area contributed by atoms with E-state index in [0.29, 0.717) is 29.5 Å². The number of halogens is 1. The second-order valence-electron chi connectivity index (χ2n) is 6.66. The van der Waals surface area contributed by atoms with Crippen LogP contribution in [-0.2, 0) is 0 Å². The van der Waals surface area contributed by atoms with Crippen LogP contribution in [0.3, 0.4) is 0 Å². The number of hydrogen-bond acceptors (Lipinski definition) is 3. The van der Waals surface area contributed by atoms with Crippen LogP contribution in [0.5, 0.6) is 11.5 Å². The van der Waals surface area contributed by atoms with Crippen LogP contribution in [0.15, 0.2) is 46.9 Å². The van der Waals surface area contributed by atoms with Gasteiger partial charge in [-0.25, -0.2) is 0 Å². The van der Waals surface area contributed by atoms with E-state index in [1.54, 1.807) is 6.07 Å². The highest BCUT2D eigenvalue weighted by molar-refractivity contribution is 9.10. The normalized spacial score (nSPS) is 11.9. The van der Waals surface area contributed by atoms with Crippen LogP contribution >= 0.6 is 15.9 Å². The third-order valence-corrected chi connectivity index (χ3v) is 4.28. The van der Waals surface area contributed by atoms with Gasteiger partial charge < -0.3 is 14.8 Å². The molecule has 1 amide bonds. The van der Waals surface area contributed by atoms with Crippen molar-refractivity contribution in [3.63, 3.8) is 0 Å². The SMILES string of the molecule is CCC(C)Oc1ccc(NC(=O)c2cc(Br)ccc2OCC(C)C)cc1. The van der Waals surface area contributed by atoms with Gasteiger partial charge in [0.25, 0.3) is 5.91 Å². The van der Waals surface area contributed by atoms with E-state index in [1.807, 2.05) is 43.3 Å². The molecule has 5 heteroatoms. The highest BCUT2D eigenvalue weighted by Crippen LogP contribution is 2.25. The monoisotopic (exact) mass is 419 g/mol. The maximum absolute atomic E-state index is 12.7. The molecule has 0 spiro atoms. The minimum atomic E-state index is -0.208. The topological polar surface area (TPSA) is 47.6 Å². The van der Waals surface area contributed by atoms with Crippen molar-refractivity contribution in [2.45, 2.75) is 40.2 Å². The minimum absolute atomic E-state index is 0.165. The van der Waals surface area contributed by atoms with Crippen LogP contribution in [0.4, 0.5) is 5.69 Å². The van der Waals surface area contributed by atoms with Gasteiger partial charge in [0.05, 0.1) is 18.3 Å². The molecule has 0 fully saturated rings. The summed E-state index contributed by atoms with van der Waals surface area (Å²) in [5.74, 6) is 1.55. The number of rotatable bonds is 8. The predicted octanol–water partition coefficient (Wildman–Crippen LogP) is 5.91. The smallest absolute Gasteiger partial charge is 0.259 e. The number of nitrogens with one attached hydrogen (secondary N) is 1. The summed E-state index contributed by atoms with van der Waals surface area (Å²) in [4.78, 5) is 12.7. The van der Waals surface area contributed by atoms with Crippen LogP contribution in [0.2, 0.25) is 0 Å². The first-order valence-electron chi connectivity index (χ1n) is 8.89. The van der Waals surface area contributed by atoms with Crippen LogP contribution < -0.4 is 14.8 Å². The second kappa shape index (κ2) is 9.62. The highest BCUT2D eigenvalue weighted by Gasteiger charge is 2.14. The molecule has 0 heterocycles. The number of carbonyl (C=O) groups is 1. The minimum Gasteiger partial charge on any atom is -0.492 e. The summed E-state index contributed by atoms with van der Waals surface area (Å²) in [6.07, 6.45) is 1.11. The molecule has 1 atom stereocenters. The molecule has 4 nitrogen and oxygen atoms in total. The lowest BCUT2D eigenvalue weighted by Crippen LogP contribution is -2.15. The van der Waals surface area contributed by atoms with Crippen molar-refractivity contribution >= 4 is 27.5 Å². The maximum atomic E-state index is 12.7. The van der Waals surface area contributed by atoms with E-state index < -0.39 is 0 Å². The highest BCUT2D eigenvalue weighted by atomic mass is 79.9. The quantitative estimate of drug-likeness (QED) is 0.577. The predicted molar refractivity (Wildman–Crippen MR) is 109 cm³/mol. The summed E-state index contributed by atoms with van der Waals surface area (Å²) in [5.41, 5.74) is 1.21. The van der Waals surface area contributed by atoms with E-state index in [1.165, 1.54) is 0 Å². The Morgan fingerprint density at radius 2 is 1.81 bits per heavy atom. The molecule has 0 aromatic heterocycles. The number of amides is 1. The molecule has 140 valence electrons. The Kier molecular flexibility index (Phi) is 7.51. The lowest BCUT2D eigenvalue weighted by atomic mass is 10.1. The van der Waals surface area contributed by atoms with Gasteiger partial charge in [-0.15, -0.1) is 0 Å². The Morgan fingerprint density at radius 3 is 2.42 bits per heavy atom. The summed E-state index contributed by atoms with van der Waals surface area (Å²) in [6, 6.07) is 12.8. The van der Waals surface area contributed by atoms with Gasteiger partial charge in [-0.05, 0) is 61.7 Å². The van der Waals surface area contributed by atoms with Crippen molar-refractivity contribution in [2.24, 2.45) is 5.92 Å². The zero-order valence-electron chi connectivity index (χ0n) is 15.7. The second-order valence-corrected chi connectivity index (χ2v) is 7.58. The average Bonchev–Trinajstić information content (AvgIpc) is 2.62. The summed E-state index contributed by atoms with van der Waals surface area (Å²) >= 11 is 3.42. The summed E-state index contributed by atoms with van der Waals surface area (Å²) in [6.45, 7) is 8.81. The van der Waals surface area contributed by atoms with Crippen LogP contribution in [0.25, 0.3) is 0 Å². The van der Waals surface area contributed by atoms with Crippen molar-refractivity contribution in [3.05, 3.63) is 52.5 Å². The molecule has 2 aromatic carbocycles. The van der Waals surface area contributed by atoms with Gasteiger partial charge in [0.15, 0.2) is 0 Å². The largest absolute Gasteiger partial charge is 0.492 e. The van der Waals surface area contributed by atoms with Gasteiger partial charge in [-0.2, -0.15) is 0 Å². The molecule has 0 saturated heterocycles. The van der Waals surface area contributed by atoms with Gasteiger partial charge in [0.2, 0.25) is 0 Å².